The van der Waals surface area contributed by atoms with Crippen LogP contribution in [0.1, 0.15) is 58.8 Å². The number of nitrogens with one attached hydrogen (secondary N) is 1. The van der Waals surface area contributed by atoms with Crippen molar-refractivity contribution in [1.82, 2.24) is 20.1 Å². The second-order valence-electron chi connectivity index (χ2n) is 8.50. The molecule has 1 aromatic heterocycles. The van der Waals surface area contributed by atoms with Gasteiger partial charge in [-0.25, -0.2) is 9.78 Å². The molecule has 3 rings (SSSR count). The highest BCUT2D eigenvalue weighted by molar-refractivity contribution is 5.74. The van der Waals surface area contributed by atoms with Gasteiger partial charge in [-0.15, -0.1) is 0 Å². The highest BCUT2D eigenvalue weighted by atomic mass is 16.3. The number of oxazole rings is 1. The van der Waals surface area contributed by atoms with Gasteiger partial charge in [-0.2, -0.15) is 0 Å². The van der Waals surface area contributed by atoms with Crippen molar-refractivity contribution >= 4 is 17.1 Å². The molecule has 1 aromatic carbocycles. The van der Waals surface area contributed by atoms with Crippen LogP contribution < -0.4 is 5.32 Å². The summed E-state index contributed by atoms with van der Waals surface area (Å²) >= 11 is 0. The number of piperidine rings is 1. The lowest BCUT2D eigenvalue weighted by atomic mass is 9.98. The number of hydrogen-bond donors (Lipinski definition) is 1. The summed E-state index contributed by atoms with van der Waals surface area (Å²) in [6.45, 7) is 13.0. The maximum Gasteiger partial charge on any atom is 0.317 e. The first-order valence-electron chi connectivity index (χ1n) is 11.1. The first-order chi connectivity index (χ1) is 14.0. The Bertz CT molecular complexity index is 751. The molecule has 2 atom stereocenters. The molecule has 2 amide bonds. The van der Waals surface area contributed by atoms with Crippen LogP contribution in [0.3, 0.4) is 0 Å². The summed E-state index contributed by atoms with van der Waals surface area (Å²) in [6, 6.07) is 8.26. The van der Waals surface area contributed by atoms with Gasteiger partial charge in [0.25, 0.3) is 0 Å². The third-order valence-corrected chi connectivity index (χ3v) is 5.93. The Morgan fingerprint density at radius 1 is 1.31 bits per heavy atom. The molecule has 160 valence electrons. The maximum atomic E-state index is 12.9. The molecule has 0 saturated carbocycles. The van der Waals surface area contributed by atoms with Crippen LogP contribution in [0, 0.1) is 5.92 Å². The molecular weight excluding hydrogens is 364 g/mol. The van der Waals surface area contributed by atoms with E-state index in [0.717, 1.165) is 55.9 Å². The van der Waals surface area contributed by atoms with Crippen molar-refractivity contribution in [3.63, 3.8) is 0 Å². The fourth-order valence-corrected chi connectivity index (χ4v) is 4.39. The van der Waals surface area contributed by atoms with Gasteiger partial charge in [-0.3, -0.25) is 4.90 Å². The molecule has 1 aliphatic rings. The fourth-order valence-electron chi connectivity index (χ4n) is 4.39. The van der Waals surface area contributed by atoms with Gasteiger partial charge in [0.1, 0.15) is 5.52 Å². The summed E-state index contributed by atoms with van der Waals surface area (Å²) < 4.78 is 5.96. The van der Waals surface area contributed by atoms with Gasteiger partial charge < -0.3 is 14.6 Å². The van der Waals surface area contributed by atoms with Gasteiger partial charge in [0.05, 0.1) is 5.92 Å². The average Bonchev–Trinajstić information content (AvgIpc) is 3.16. The Hall–Kier alpha value is -2.08. The third kappa shape index (κ3) is 5.50. The van der Waals surface area contributed by atoms with Crippen LogP contribution >= 0.6 is 0 Å². The van der Waals surface area contributed by atoms with E-state index in [9.17, 15) is 4.79 Å². The number of fused-ring (bicyclic) bond motifs is 1. The standard InChI is InChI=1S/C23H36N4O2/c1-5-26(6-2)19(14-17(3)4)15-24-23(28)27-13-9-10-18(16-27)22-25-20-11-7-8-12-21(20)29-22/h7-8,11-12,17-19H,5-6,9-10,13-16H2,1-4H3,(H,24,28). The number of amides is 2. The van der Waals surface area contributed by atoms with Crippen LogP contribution in [0.25, 0.3) is 11.1 Å². The van der Waals surface area contributed by atoms with Crippen molar-refractivity contribution in [3.8, 4) is 0 Å². The molecule has 0 bridgehead atoms. The van der Waals surface area contributed by atoms with Crippen molar-refractivity contribution in [3.05, 3.63) is 30.2 Å². The number of hydrogen-bond acceptors (Lipinski definition) is 4. The molecule has 6 heteroatoms. The average molecular weight is 401 g/mol. The topological polar surface area (TPSA) is 61.6 Å². The van der Waals surface area contributed by atoms with Crippen molar-refractivity contribution < 1.29 is 9.21 Å². The van der Waals surface area contributed by atoms with Gasteiger partial charge in [-0.05, 0) is 50.4 Å². The molecule has 1 saturated heterocycles. The van der Waals surface area contributed by atoms with E-state index in [-0.39, 0.29) is 11.9 Å². The number of para-hydroxylation sites is 2. The van der Waals surface area contributed by atoms with Crippen LogP contribution in [0.5, 0.6) is 0 Å². The zero-order chi connectivity index (χ0) is 20.8. The Kier molecular flexibility index (Phi) is 7.53. The Morgan fingerprint density at radius 3 is 2.76 bits per heavy atom. The van der Waals surface area contributed by atoms with E-state index < -0.39 is 0 Å². The van der Waals surface area contributed by atoms with E-state index in [4.69, 9.17) is 4.42 Å². The smallest absolute Gasteiger partial charge is 0.317 e. The number of likely N-dealkylation sites (tertiary alicyclic amines) is 1. The van der Waals surface area contributed by atoms with Gasteiger partial charge in [0, 0.05) is 25.7 Å². The molecular formula is C23H36N4O2. The molecule has 2 heterocycles. The largest absolute Gasteiger partial charge is 0.440 e. The van der Waals surface area contributed by atoms with Crippen molar-refractivity contribution in [2.75, 3.05) is 32.7 Å². The van der Waals surface area contributed by atoms with E-state index in [1.807, 2.05) is 29.2 Å². The molecule has 0 aliphatic carbocycles. The van der Waals surface area contributed by atoms with E-state index in [0.29, 0.717) is 25.0 Å². The minimum atomic E-state index is 0.0340. The van der Waals surface area contributed by atoms with E-state index in [1.165, 1.54) is 0 Å². The molecule has 6 nitrogen and oxygen atoms in total. The third-order valence-electron chi connectivity index (χ3n) is 5.93. The molecule has 0 radical (unpaired) electrons. The Balaban J connectivity index is 1.59. The van der Waals surface area contributed by atoms with E-state index in [1.54, 1.807) is 0 Å². The molecule has 29 heavy (non-hydrogen) atoms. The highest BCUT2D eigenvalue weighted by Gasteiger charge is 2.28. The first-order valence-corrected chi connectivity index (χ1v) is 11.1. The quantitative estimate of drug-likeness (QED) is 0.710. The van der Waals surface area contributed by atoms with Crippen molar-refractivity contribution in [2.45, 2.75) is 58.9 Å². The van der Waals surface area contributed by atoms with Crippen LogP contribution in [0.15, 0.2) is 28.7 Å². The van der Waals surface area contributed by atoms with Crippen molar-refractivity contribution in [2.24, 2.45) is 5.92 Å². The van der Waals surface area contributed by atoms with Gasteiger partial charge in [0.15, 0.2) is 11.5 Å². The second-order valence-corrected chi connectivity index (χ2v) is 8.50. The Morgan fingerprint density at radius 2 is 2.07 bits per heavy atom. The number of urea groups is 1. The zero-order valence-electron chi connectivity index (χ0n) is 18.4. The lowest BCUT2D eigenvalue weighted by molar-refractivity contribution is 0.159. The van der Waals surface area contributed by atoms with E-state index >= 15 is 0 Å². The minimum Gasteiger partial charge on any atom is -0.440 e. The molecule has 1 fully saturated rings. The van der Waals surface area contributed by atoms with Gasteiger partial charge >= 0.3 is 6.03 Å². The normalized spacial score (nSPS) is 18.6. The summed E-state index contributed by atoms with van der Waals surface area (Å²) in [5.74, 6) is 1.52. The molecule has 1 N–H and O–H groups in total. The molecule has 0 spiro atoms. The fraction of sp³-hybridized carbons (Fsp3) is 0.652. The summed E-state index contributed by atoms with van der Waals surface area (Å²) in [5.41, 5.74) is 1.71. The zero-order valence-corrected chi connectivity index (χ0v) is 18.4. The number of carbonyl (C=O) groups excluding carboxylic acids is 1. The molecule has 2 unspecified atom stereocenters. The molecule has 2 aromatic rings. The summed E-state index contributed by atoms with van der Waals surface area (Å²) in [5, 5.41) is 3.20. The van der Waals surface area contributed by atoms with Gasteiger partial charge in [-0.1, -0.05) is 39.8 Å². The number of rotatable bonds is 8. The lowest BCUT2D eigenvalue weighted by Gasteiger charge is -2.34. The predicted molar refractivity (Wildman–Crippen MR) is 117 cm³/mol. The Labute approximate surface area is 174 Å². The maximum absolute atomic E-state index is 12.9. The van der Waals surface area contributed by atoms with E-state index in [2.05, 4.69) is 42.9 Å². The molecule has 1 aliphatic heterocycles. The van der Waals surface area contributed by atoms with Crippen LogP contribution in [0.4, 0.5) is 4.79 Å². The van der Waals surface area contributed by atoms with Crippen LogP contribution in [-0.2, 0) is 0 Å². The second kappa shape index (κ2) is 10.1. The number of nitrogens with zero attached hydrogens (tertiary/aromatic N) is 3. The summed E-state index contributed by atoms with van der Waals surface area (Å²) in [4.78, 5) is 21.9. The summed E-state index contributed by atoms with van der Waals surface area (Å²) in [6.07, 6.45) is 3.07. The van der Waals surface area contributed by atoms with Crippen LogP contribution in [-0.4, -0.2) is 59.6 Å². The minimum absolute atomic E-state index is 0.0340. The number of likely N-dealkylation sites (N-methyl/N-ethyl adjacent to an activating group) is 1. The van der Waals surface area contributed by atoms with Crippen LogP contribution in [0.2, 0.25) is 0 Å². The lowest BCUT2D eigenvalue weighted by Crippen LogP contribution is -2.50. The highest BCUT2D eigenvalue weighted by Crippen LogP contribution is 2.29. The number of benzene rings is 1. The number of carbonyl (C=O) groups is 1. The summed E-state index contributed by atoms with van der Waals surface area (Å²) in [7, 11) is 0. The monoisotopic (exact) mass is 400 g/mol. The first kappa shape index (κ1) is 21.6. The van der Waals surface area contributed by atoms with Gasteiger partial charge in [0.2, 0.25) is 0 Å². The predicted octanol–water partition coefficient (Wildman–Crippen LogP) is 4.47. The number of aromatic nitrogens is 1. The van der Waals surface area contributed by atoms with Crippen molar-refractivity contribution in [1.29, 1.82) is 0 Å². The SMILES string of the molecule is CCN(CC)C(CNC(=O)N1CCCC(c2nc3ccccc3o2)C1)CC(C)C.